The molecule has 0 aliphatic carbocycles. The first-order valence-corrected chi connectivity index (χ1v) is 12.7. The van der Waals surface area contributed by atoms with Crippen LogP contribution in [-0.4, -0.2) is 30.1 Å². The molecule has 7 nitrogen and oxygen atoms in total. The van der Waals surface area contributed by atoms with Crippen molar-refractivity contribution in [1.82, 2.24) is 19.8 Å². The highest BCUT2D eigenvalue weighted by Gasteiger charge is 2.20. The van der Waals surface area contributed by atoms with Crippen LogP contribution < -0.4 is 10.0 Å². The molecule has 0 bridgehead atoms. The lowest BCUT2D eigenvalue weighted by molar-refractivity contribution is 0.0950. The summed E-state index contributed by atoms with van der Waals surface area (Å²) in [6, 6.07) is 15.0. The van der Waals surface area contributed by atoms with E-state index in [0.717, 1.165) is 11.1 Å². The molecule has 1 amide bonds. The third-order valence-electron chi connectivity index (χ3n) is 4.99. The number of benzene rings is 2. The van der Waals surface area contributed by atoms with Crippen molar-refractivity contribution in [3.05, 3.63) is 87.2 Å². The lowest BCUT2D eigenvalue weighted by Crippen LogP contribution is -2.31. The van der Waals surface area contributed by atoms with Gasteiger partial charge in [-0.2, -0.15) is 5.10 Å². The maximum Gasteiger partial charge on any atom is 0.256 e. The van der Waals surface area contributed by atoms with Crippen LogP contribution in [0.15, 0.2) is 48.5 Å². The SMILES string of the molecule is Cc1ccc(Cn2nc(C)c(C(=O)NCc3ccc(CS(=O)(=O)NC(C)C)cc3)c2Cl)cc1. The minimum absolute atomic E-state index is 0.0905. The molecule has 3 rings (SSSR count). The maximum atomic E-state index is 12.8. The van der Waals surface area contributed by atoms with Crippen LogP contribution in [0.25, 0.3) is 0 Å². The molecule has 0 saturated heterocycles. The molecular weight excluding hydrogens is 460 g/mol. The molecule has 0 saturated carbocycles. The summed E-state index contributed by atoms with van der Waals surface area (Å²) in [5.74, 6) is -0.396. The molecule has 0 spiro atoms. The van der Waals surface area contributed by atoms with E-state index in [2.05, 4.69) is 15.1 Å². The van der Waals surface area contributed by atoms with Crippen LogP contribution in [0.4, 0.5) is 0 Å². The van der Waals surface area contributed by atoms with E-state index < -0.39 is 10.0 Å². The molecule has 176 valence electrons. The summed E-state index contributed by atoms with van der Waals surface area (Å²) in [6.45, 7) is 8.11. The van der Waals surface area contributed by atoms with Crippen molar-refractivity contribution in [1.29, 1.82) is 0 Å². The van der Waals surface area contributed by atoms with Gasteiger partial charge in [0.2, 0.25) is 10.0 Å². The van der Waals surface area contributed by atoms with Crippen LogP contribution in [0.2, 0.25) is 5.15 Å². The van der Waals surface area contributed by atoms with Gasteiger partial charge in [-0.05, 0) is 44.4 Å². The van der Waals surface area contributed by atoms with Crippen LogP contribution >= 0.6 is 11.6 Å². The van der Waals surface area contributed by atoms with Crippen molar-refractivity contribution in [3.8, 4) is 0 Å². The van der Waals surface area contributed by atoms with Crippen LogP contribution in [0.1, 0.15) is 52.2 Å². The molecule has 0 radical (unpaired) electrons. The molecular formula is C24H29ClN4O3S. The fourth-order valence-corrected chi connectivity index (χ4v) is 5.18. The number of nitrogens with zero attached hydrogens (tertiary/aromatic N) is 2. The highest BCUT2D eigenvalue weighted by Crippen LogP contribution is 2.21. The Balaban J connectivity index is 1.62. The monoisotopic (exact) mass is 488 g/mol. The molecule has 0 aliphatic rings. The van der Waals surface area contributed by atoms with Crippen molar-refractivity contribution < 1.29 is 13.2 Å². The number of hydrogen-bond acceptors (Lipinski definition) is 4. The largest absolute Gasteiger partial charge is 0.348 e. The van der Waals surface area contributed by atoms with E-state index in [9.17, 15) is 13.2 Å². The number of amides is 1. The molecule has 1 heterocycles. The number of halogens is 1. The highest BCUT2D eigenvalue weighted by molar-refractivity contribution is 7.88. The quantitative estimate of drug-likeness (QED) is 0.476. The van der Waals surface area contributed by atoms with Crippen molar-refractivity contribution >= 4 is 27.5 Å². The molecule has 0 aliphatic heterocycles. The van der Waals surface area contributed by atoms with Crippen molar-refractivity contribution in [2.75, 3.05) is 0 Å². The number of carbonyl (C=O) groups is 1. The molecule has 0 unspecified atom stereocenters. The average molecular weight is 489 g/mol. The number of nitrogens with one attached hydrogen (secondary N) is 2. The molecule has 0 atom stereocenters. The number of hydrogen-bond donors (Lipinski definition) is 2. The summed E-state index contributed by atoms with van der Waals surface area (Å²) >= 11 is 6.48. The number of carbonyl (C=O) groups excluding carboxylic acids is 1. The second-order valence-electron chi connectivity index (χ2n) is 8.43. The molecule has 3 aromatic rings. The van der Waals surface area contributed by atoms with Gasteiger partial charge in [0, 0.05) is 12.6 Å². The average Bonchev–Trinajstić information content (AvgIpc) is 3.00. The van der Waals surface area contributed by atoms with E-state index in [0.29, 0.717) is 28.5 Å². The number of aryl methyl sites for hydroxylation is 2. The predicted molar refractivity (Wildman–Crippen MR) is 131 cm³/mol. The Kier molecular flexibility index (Phi) is 7.94. The molecule has 33 heavy (non-hydrogen) atoms. The standard InChI is InChI=1S/C24H29ClN4O3S/c1-16(2)28-33(31,32)15-21-11-9-19(10-12-21)13-26-24(30)22-18(4)27-29(23(22)25)14-20-7-5-17(3)6-8-20/h5-12,16,28H,13-15H2,1-4H3,(H,26,30). The zero-order chi connectivity index (χ0) is 24.2. The van der Waals surface area contributed by atoms with Gasteiger partial charge in [0.25, 0.3) is 5.91 Å². The predicted octanol–water partition coefficient (Wildman–Crippen LogP) is 3.96. The van der Waals surface area contributed by atoms with Crippen LogP contribution in [0.3, 0.4) is 0 Å². The van der Waals surface area contributed by atoms with Gasteiger partial charge in [-0.3, -0.25) is 4.79 Å². The molecule has 1 aromatic heterocycles. The van der Waals surface area contributed by atoms with Crippen molar-refractivity contribution in [2.45, 2.75) is 52.6 Å². The van der Waals surface area contributed by atoms with Crippen LogP contribution in [0, 0.1) is 13.8 Å². The van der Waals surface area contributed by atoms with E-state index in [-0.39, 0.29) is 24.2 Å². The van der Waals surface area contributed by atoms with E-state index in [1.165, 1.54) is 5.56 Å². The number of sulfonamides is 1. The Labute approximate surface area is 200 Å². The Morgan fingerprint density at radius 3 is 2.18 bits per heavy atom. The fourth-order valence-electron chi connectivity index (χ4n) is 3.43. The molecule has 0 fully saturated rings. The van der Waals surface area contributed by atoms with Crippen molar-refractivity contribution in [3.63, 3.8) is 0 Å². The summed E-state index contributed by atoms with van der Waals surface area (Å²) in [7, 11) is -3.38. The third kappa shape index (κ3) is 6.90. The molecule has 2 N–H and O–H groups in total. The first kappa shape index (κ1) is 25.0. The zero-order valence-electron chi connectivity index (χ0n) is 19.2. The van der Waals surface area contributed by atoms with Gasteiger partial charge in [-0.15, -0.1) is 0 Å². The van der Waals surface area contributed by atoms with E-state index in [1.807, 2.05) is 31.2 Å². The maximum absolute atomic E-state index is 12.8. The van der Waals surface area contributed by atoms with Gasteiger partial charge < -0.3 is 5.32 Å². The Hall–Kier alpha value is -2.68. The summed E-state index contributed by atoms with van der Waals surface area (Å²) < 4.78 is 28.3. The fraction of sp³-hybridized carbons (Fsp3) is 0.333. The van der Waals surface area contributed by atoms with Crippen molar-refractivity contribution in [2.24, 2.45) is 0 Å². The van der Waals surface area contributed by atoms with Gasteiger partial charge >= 0.3 is 0 Å². The lowest BCUT2D eigenvalue weighted by Gasteiger charge is -2.10. The van der Waals surface area contributed by atoms with Gasteiger partial charge in [0.15, 0.2) is 0 Å². The Morgan fingerprint density at radius 2 is 1.58 bits per heavy atom. The molecule has 2 aromatic carbocycles. The van der Waals surface area contributed by atoms with E-state index >= 15 is 0 Å². The molecule has 9 heteroatoms. The first-order chi connectivity index (χ1) is 15.5. The lowest BCUT2D eigenvalue weighted by atomic mass is 10.1. The summed E-state index contributed by atoms with van der Waals surface area (Å²) in [6.07, 6.45) is 0. The Bertz CT molecular complexity index is 1220. The first-order valence-electron chi connectivity index (χ1n) is 10.7. The van der Waals surface area contributed by atoms with Gasteiger partial charge in [-0.25, -0.2) is 17.8 Å². The second-order valence-corrected chi connectivity index (χ2v) is 10.5. The highest BCUT2D eigenvalue weighted by atomic mass is 35.5. The Morgan fingerprint density at radius 1 is 1.00 bits per heavy atom. The smallest absolute Gasteiger partial charge is 0.256 e. The summed E-state index contributed by atoms with van der Waals surface area (Å²) in [4.78, 5) is 12.8. The summed E-state index contributed by atoms with van der Waals surface area (Å²) in [5, 5.41) is 7.59. The van der Waals surface area contributed by atoms with Crippen LogP contribution in [-0.2, 0) is 28.9 Å². The third-order valence-corrected chi connectivity index (χ3v) is 6.92. The zero-order valence-corrected chi connectivity index (χ0v) is 20.8. The van der Waals surface area contributed by atoms with Gasteiger partial charge in [-0.1, -0.05) is 65.7 Å². The topological polar surface area (TPSA) is 93.1 Å². The van der Waals surface area contributed by atoms with E-state index in [1.54, 1.807) is 49.7 Å². The second kappa shape index (κ2) is 10.5. The number of rotatable bonds is 9. The normalized spacial score (nSPS) is 11.7. The number of aromatic nitrogens is 2. The minimum Gasteiger partial charge on any atom is -0.348 e. The van der Waals surface area contributed by atoms with E-state index in [4.69, 9.17) is 11.6 Å². The van der Waals surface area contributed by atoms with Crippen LogP contribution in [0.5, 0.6) is 0 Å². The van der Waals surface area contributed by atoms with Gasteiger partial charge in [0.1, 0.15) is 5.15 Å². The van der Waals surface area contributed by atoms with Gasteiger partial charge in [0.05, 0.1) is 23.6 Å². The minimum atomic E-state index is -3.38. The summed E-state index contributed by atoms with van der Waals surface area (Å²) in [5.41, 5.74) is 4.65.